The van der Waals surface area contributed by atoms with E-state index in [2.05, 4.69) is 4.74 Å². The number of unbranched alkanes of at least 4 members (excludes halogenated alkanes) is 1. The number of aliphatic hydroxyl groups is 1. The molecule has 136 valence electrons. The lowest BCUT2D eigenvalue weighted by Crippen LogP contribution is -2.10. The van der Waals surface area contributed by atoms with Crippen molar-refractivity contribution in [2.75, 3.05) is 7.11 Å². The molecule has 0 saturated heterocycles. The molecule has 0 aromatic rings. The molecule has 0 amide bonds. The summed E-state index contributed by atoms with van der Waals surface area (Å²) in [6.45, 7) is 0. The number of rotatable bonds is 11. The molecule has 0 aliphatic heterocycles. The van der Waals surface area contributed by atoms with Crippen molar-refractivity contribution in [1.82, 2.24) is 0 Å². The van der Waals surface area contributed by atoms with Crippen molar-refractivity contribution in [3.8, 4) is 0 Å². The summed E-state index contributed by atoms with van der Waals surface area (Å²) >= 11 is 0. The lowest BCUT2D eigenvalue weighted by molar-refractivity contribution is -0.140. The van der Waals surface area contributed by atoms with E-state index in [1.54, 1.807) is 12.2 Å². The summed E-state index contributed by atoms with van der Waals surface area (Å²) < 4.78 is 4.55. The number of esters is 1. The van der Waals surface area contributed by atoms with Crippen LogP contribution < -0.4 is 0 Å². The summed E-state index contributed by atoms with van der Waals surface area (Å²) in [5, 5.41) is 9.75. The lowest BCUT2D eigenvalue weighted by atomic mass is 9.86. The van der Waals surface area contributed by atoms with Crippen LogP contribution in [0.4, 0.5) is 0 Å². The van der Waals surface area contributed by atoms with Crippen LogP contribution in [0.1, 0.15) is 70.6 Å². The molecule has 0 heterocycles. The van der Waals surface area contributed by atoms with Crippen LogP contribution in [0.25, 0.3) is 0 Å². The van der Waals surface area contributed by atoms with Crippen LogP contribution in [0.3, 0.4) is 0 Å². The van der Waals surface area contributed by atoms with Crippen molar-refractivity contribution in [2.24, 2.45) is 5.92 Å². The highest BCUT2D eigenvalue weighted by molar-refractivity contribution is 5.89. The Morgan fingerprint density at radius 1 is 1.17 bits per heavy atom. The van der Waals surface area contributed by atoms with Crippen LogP contribution in [0.15, 0.2) is 24.3 Å². The number of allylic oxidation sites excluding steroid dienone is 3. The molecule has 0 aromatic carbocycles. The standard InChI is InChI=1S/C20H32O4/c1-24-20(23)15-9-14-18(21)12-7-2-3-8-13-19(22)16-17-10-5-4-6-11-17/h7-8,12-13,17-18,21H,2-6,9-11,14-16H2,1H3/b12-7-,13-8+. The number of ketones is 1. The summed E-state index contributed by atoms with van der Waals surface area (Å²) in [4.78, 5) is 22.8. The number of hydrogen-bond donors (Lipinski definition) is 1. The van der Waals surface area contributed by atoms with Gasteiger partial charge in [0, 0.05) is 12.8 Å². The van der Waals surface area contributed by atoms with Crippen LogP contribution in [0.5, 0.6) is 0 Å². The lowest BCUT2D eigenvalue weighted by Gasteiger charge is -2.19. The number of aliphatic hydroxyl groups excluding tert-OH is 1. The second kappa shape index (κ2) is 12.9. The molecule has 1 unspecified atom stereocenters. The van der Waals surface area contributed by atoms with E-state index in [9.17, 15) is 14.7 Å². The number of ether oxygens (including phenoxy) is 1. The molecule has 4 nitrogen and oxygen atoms in total. The third-order valence-corrected chi connectivity index (χ3v) is 4.49. The summed E-state index contributed by atoms with van der Waals surface area (Å²) in [6, 6.07) is 0. The maximum absolute atomic E-state index is 11.9. The Bertz CT molecular complexity index is 419. The average molecular weight is 336 g/mol. The molecular weight excluding hydrogens is 304 g/mol. The van der Waals surface area contributed by atoms with Crippen LogP contribution >= 0.6 is 0 Å². The first-order chi connectivity index (χ1) is 11.6. The van der Waals surface area contributed by atoms with Crippen molar-refractivity contribution in [3.05, 3.63) is 24.3 Å². The fourth-order valence-corrected chi connectivity index (χ4v) is 3.06. The van der Waals surface area contributed by atoms with Gasteiger partial charge >= 0.3 is 5.97 Å². The molecule has 1 N–H and O–H groups in total. The molecule has 0 spiro atoms. The second-order valence-corrected chi connectivity index (χ2v) is 6.62. The largest absolute Gasteiger partial charge is 0.469 e. The zero-order chi connectivity index (χ0) is 17.6. The number of carbonyl (C=O) groups excluding carboxylic acids is 2. The van der Waals surface area contributed by atoms with E-state index < -0.39 is 6.10 Å². The molecule has 1 saturated carbocycles. The van der Waals surface area contributed by atoms with Gasteiger partial charge in [0.15, 0.2) is 5.78 Å². The Balaban J connectivity index is 2.06. The molecule has 0 radical (unpaired) electrons. The minimum Gasteiger partial charge on any atom is -0.469 e. The Kier molecular flexibility index (Phi) is 11.1. The molecule has 0 aromatic heterocycles. The minimum atomic E-state index is -0.522. The van der Waals surface area contributed by atoms with Crippen LogP contribution in [0.2, 0.25) is 0 Å². The van der Waals surface area contributed by atoms with Crippen LogP contribution in [0, 0.1) is 5.92 Å². The predicted molar refractivity (Wildman–Crippen MR) is 95.6 cm³/mol. The molecule has 1 fully saturated rings. The molecule has 0 bridgehead atoms. The Morgan fingerprint density at radius 2 is 1.88 bits per heavy atom. The summed E-state index contributed by atoms with van der Waals surface area (Å²) in [5.74, 6) is 0.596. The highest BCUT2D eigenvalue weighted by Gasteiger charge is 2.15. The molecular formula is C20H32O4. The smallest absolute Gasteiger partial charge is 0.305 e. The number of methoxy groups -OCH3 is 1. The van der Waals surface area contributed by atoms with Crippen molar-refractivity contribution in [1.29, 1.82) is 0 Å². The molecule has 1 rings (SSSR count). The van der Waals surface area contributed by atoms with Crippen LogP contribution in [-0.2, 0) is 14.3 Å². The second-order valence-electron chi connectivity index (χ2n) is 6.62. The highest BCUT2D eigenvalue weighted by atomic mass is 16.5. The normalized spacial score (nSPS) is 17.4. The SMILES string of the molecule is COC(=O)CCCC(O)/C=C\CC/C=C/C(=O)CC1CCCCC1. The van der Waals surface area contributed by atoms with Gasteiger partial charge < -0.3 is 9.84 Å². The first kappa shape index (κ1) is 20.6. The topological polar surface area (TPSA) is 63.6 Å². The fraction of sp³-hybridized carbons (Fsp3) is 0.700. The van der Waals surface area contributed by atoms with E-state index in [0.717, 1.165) is 12.8 Å². The van der Waals surface area contributed by atoms with Crippen LogP contribution in [-0.4, -0.2) is 30.1 Å². The van der Waals surface area contributed by atoms with E-state index in [-0.39, 0.29) is 11.8 Å². The van der Waals surface area contributed by atoms with Crippen molar-refractivity contribution < 1.29 is 19.4 Å². The molecule has 4 heteroatoms. The van der Waals surface area contributed by atoms with Gasteiger partial charge in [0.1, 0.15) is 0 Å². The minimum absolute atomic E-state index is 0.241. The first-order valence-electron chi connectivity index (χ1n) is 9.22. The molecule has 24 heavy (non-hydrogen) atoms. The quantitative estimate of drug-likeness (QED) is 0.267. The Hall–Kier alpha value is -1.42. The van der Waals surface area contributed by atoms with Gasteiger partial charge in [-0.2, -0.15) is 0 Å². The molecule has 1 aliphatic carbocycles. The summed E-state index contributed by atoms with van der Waals surface area (Å²) in [6.07, 6.45) is 16.9. The van der Waals surface area contributed by atoms with E-state index in [4.69, 9.17) is 0 Å². The van der Waals surface area contributed by atoms with E-state index in [1.807, 2.05) is 12.2 Å². The van der Waals surface area contributed by atoms with Gasteiger partial charge in [0.2, 0.25) is 0 Å². The van der Waals surface area contributed by atoms with Crippen molar-refractivity contribution >= 4 is 11.8 Å². The molecule has 1 atom stereocenters. The van der Waals surface area contributed by atoms with E-state index >= 15 is 0 Å². The van der Waals surface area contributed by atoms with Gasteiger partial charge in [-0.05, 0) is 37.7 Å². The van der Waals surface area contributed by atoms with E-state index in [0.29, 0.717) is 31.6 Å². The average Bonchev–Trinajstić information content (AvgIpc) is 2.58. The predicted octanol–water partition coefficient (Wildman–Crippen LogP) is 4.12. The van der Waals surface area contributed by atoms with Gasteiger partial charge in [-0.15, -0.1) is 0 Å². The Labute approximate surface area is 146 Å². The fourth-order valence-electron chi connectivity index (χ4n) is 3.06. The van der Waals surface area contributed by atoms with Gasteiger partial charge in [-0.3, -0.25) is 9.59 Å². The van der Waals surface area contributed by atoms with E-state index in [1.165, 1.54) is 39.2 Å². The summed E-state index contributed by atoms with van der Waals surface area (Å²) in [7, 11) is 1.37. The maximum Gasteiger partial charge on any atom is 0.305 e. The van der Waals surface area contributed by atoms with Crippen molar-refractivity contribution in [3.63, 3.8) is 0 Å². The highest BCUT2D eigenvalue weighted by Crippen LogP contribution is 2.26. The van der Waals surface area contributed by atoms with Gasteiger partial charge in [0.05, 0.1) is 13.2 Å². The van der Waals surface area contributed by atoms with Gasteiger partial charge in [-0.25, -0.2) is 0 Å². The first-order valence-corrected chi connectivity index (χ1v) is 9.22. The summed E-state index contributed by atoms with van der Waals surface area (Å²) in [5.41, 5.74) is 0. The van der Waals surface area contributed by atoms with Crippen molar-refractivity contribution in [2.45, 2.75) is 76.7 Å². The van der Waals surface area contributed by atoms with Gasteiger partial charge in [0.25, 0.3) is 0 Å². The zero-order valence-corrected chi connectivity index (χ0v) is 14.9. The Morgan fingerprint density at radius 3 is 2.58 bits per heavy atom. The monoisotopic (exact) mass is 336 g/mol. The third-order valence-electron chi connectivity index (χ3n) is 4.49. The zero-order valence-electron chi connectivity index (χ0n) is 14.9. The van der Waals surface area contributed by atoms with Gasteiger partial charge in [-0.1, -0.05) is 50.3 Å². The maximum atomic E-state index is 11.9. The molecule has 1 aliphatic rings. The number of hydrogen-bond acceptors (Lipinski definition) is 4. The number of carbonyl (C=O) groups is 2. The third kappa shape index (κ3) is 10.4.